The lowest BCUT2D eigenvalue weighted by molar-refractivity contribution is -0.226. The molecule has 0 spiro atoms. The van der Waals surface area contributed by atoms with Crippen LogP contribution in [0.25, 0.3) is 0 Å². The number of hydrogen-bond donors (Lipinski definition) is 1. The highest BCUT2D eigenvalue weighted by molar-refractivity contribution is 5.88. The van der Waals surface area contributed by atoms with Gasteiger partial charge in [-0.2, -0.15) is 0 Å². The van der Waals surface area contributed by atoms with E-state index in [-0.39, 0.29) is 18.8 Å². The van der Waals surface area contributed by atoms with Crippen molar-refractivity contribution in [1.29, 1.82) is 0 Å². The van der Waals surface area contributed by atoms with Crippen molar-refractivity contribution in [3.8, 4) is 0 Å². The molecule has 0 aromatic heterocycles. The van der Waals surface area contributed by atoms with Crippen LogP contribution in [0.5, 0.6) is 0 Å². The standard InChI is InChI=1S/C16H24O7/c1-6-8-20-12-11(10(17)9(3)14(18)19-7-2)21-15-13(12)22-16(4,5)23-15/h6,10-13,15,17H,1,3,7-8H2,2,4-5H3/t10-,11+,12-,13+,15+/m0/s1. The van der Waals surface area contributed by atoms with E-state index in [4.69, 9.17) is 23.7 Å². The normalized spacial score (nSPS) is 33.0. The molecule has 7 nitrogen and oxygen atoms in total. The predicted molar refractivity (Wildman–Crippen MR) is 80.4 cm³/mol. The van der Waals surface area contributed by atoms with Crippen LogP contribution in [0, 0.1) is 0 Å². The van der Waals surface area contributed by atoms with Crippen LogP contribution in [0.3, 0.4) is 0 Å². The lowest BCUT2D eigenvalue weighted by Gasteiger charge is -2.28. The zero-order chi connectivity index (χ0) is 17.2. The van der Waals surface area contributed by atoms with Crippen LogP contribution in [-0.2, 0) is 28.5 Å². The summed E-state index contributed by atoms with van der Waals surface area (Å²) in [4.78, 5) is 11.8. The molecule has 0 aromatic carbocycles. The second-order valence-corrected chi connectivity index (χ2v) is 5.85. The highest BCUT2D eigenvalue weighted by Gasteiger charge is 2.57. The summed E-state index contributed by atoms with van der Waals surface area (Å²) in [7, 11) is 0. The Morgan fingerprint density at radius 3 is 2.74 bits per heavy atom. The molecule has 0 amide bonds. The summed E-state index contributed by atoms with van der Waals surface area (Å²) >= 11 is 0. The quantitative estimate of drug-likeness (QED) is 0.422. The molecule has 0 saturated carbocycles. The van der Waals surface area contributed by atoms with Gasteiger partial charge in [-0.3, -0.25) is 0 Å². The van der Waals surface area contributed by atoms with Gasteiger partial charge in [0.1, 0.15) is 24.4 Å². The van der Waals surface area contributed by atoms with Gasteiger partial charge >= 0.3 is 5.97 Å². The first-order valence-corrected chi connectivity index (χ1v) is 7.58. The molecule has 0 bridgehead atoms. The highest BCUT2D eigenvalue weighted by atomic mass is 16.8. The summed E-state index contributed by atoms with van der Waals surface area (Å²) in [5.41, 5.74) is -0.0942. The van der Waals surface area contributed by atoms with Gasteiger partial charge in [-0.1, -0.05) is 12.7 Å². The molecule has 0 unspecified atom stereocenters. The Hall–Kier alpha value is -1.25. The van der Waals surface area contributed by atoms with Crippen LogP contribution in [0.4, 0.5) is 0 Å². The Kier molecular flexibility index (Phi) is 5.59. The summed E-state index contributed by atoms with van der Waals surface area (Å²) in [6.07, 6.45) is -2.38. The minimum Gasteiger partial charge on any atom is -0.463 e. The maximum Gasteiger partial charge on any atom is 0.336 e. The van der Waals surface area contributed by atoms with Gasteiger partial charge in [-0.25, -0.2) is 4.79 Å². The number of carbonyl (C=O) groups is 1. The third-order valence-electron chi connectivity index (χ3n) is 3.64. The lowest BCUT2D eigenvalue weighted by Crippen LogP contribution is -2.44. The molecule has 1 N–H and O–H groups in total. The van der Waals surface area contributed by atoms with E-state index < -0.39 is 42.5 Å². The molecular formula is C16H24O7. The molecule has 5 atom stereocenters. The van der Waals surface area contributed by atoms with Gasteiger partial charge in [-0.15, -0.1) is 6.58 Å². The number of aliphatic hydroxyl groups excluding tert-OH is 1. The molecule has 2 heterocycles. The van der Waals surface area contributed by atoms with Crippen LogP contribution >= 0.6 is 0 Å². The monoisotopic (exact) mass is 328 g/mol. The largest absolute Gasteiger partial charge is 0.463 e. The first-order valence-electron chi connectivity index (χ1n) is 7.58. The molecule has 23 heavy (non-hydrogen) atoms. The minimum absolute atomic E-state index is 0.0942. The van der Waals surface area contributed by atoms with Crippen LogP contribution in [0.2, 0.25) is 0 Å². The van der Waals surface area contributed by atoms with E-state index in [0.29, 0.717) is 0 Å². The fraction of sp³-hybridized carbons (Fsp3) is 0.688. The molecule has 0 aromatic rings. The van der Waals surface area contributed by atoms with Crippen molar-refractivity contribution in [3.63, 3.8) is 0 Å². The summed E-state index contributed by atoms with van der Waals surface area (Å²) in [6.45, 7) is 12.8. The van der Waals surface area contributed by atoms with Crippen LogP contribution in [0.1, 0.15) is 20.8 Å². The average molecular weight is 328 g/mol. The third-order valence-corrected chi connectivity index (χ3v) is 3.64. The van der Waals surface area contributed by atoms with Crippen LogP contribution in [0.15, 0.2) is 24.8 Å². The van der Waals surface area contributed by atoms with Gasteiger partial charge in [0.15, 0.2) is 12.1 Å². The number of rotatable bonds is 7. The van der Waals surface area contributed by atoms with E-state index in [1.54, 1.807) is 26.8 Å². The first-order chi connectivity index (χ1) is 10.8. The van der Waals surface area contributed by atoms with Gasteiger partial charge in [0.25, 0.3) is 0 Å². The Balaban J connectivity index is 2.12. The Labute approximate surface area is 135 Å². The smallest absolute Gasteiger partial charge is 0.336 e. The van der Waals surface area contributed by atoms with E-state index in [0.717, 1.165) is 0 Å². The molecule has 0 radical (unpaired) electrons. The maximum atomic E-state index is 11.8. The molecule has 2 aliphatic heterocycles. The van der Waals surface area contributed by atoms with Gasteiger partial charge in [0.05, 0.1) is 18.8 Å². The molecule has 7 heteroatoms. The zero-order valence-electron chi connectivity index (χ0n) is 13.7. The molecule has 130 valence electrons. The third kappa shape index (κ3) is 3.81. The van der Waals surface area contributed by atoms with Crippen molar-refractivity contribution < 1.29 is 33.6 Å². The van der Waals surface area contributed by atoms with Crippen molar-refractivity contribution in [3.05, 3.63) is 24.8 Å². The van der Waals surface area contributed by atoms with Gasteiger partial charge in [0.2, 0.25) is 0 Å². The number of carbonyl (C=O) groups excluding carboxylic acids is 1. The molecule has 2 rings (SSSR count). The number of fused-ring (bicyclic) bond motifs is 1. The summed E-state index contributed by atoms with van der Waals surface area (Å²) in [5, 5.41) is 10.4. The Morgan fingerprint density at radius 2 is 2.13 bits per heavy atom. The summed E-state index contributed by atoms with van der Waals surface area (Å²) in [5.74, 6) is -1.48. The average Bonchev–Trinajstić information content (AvgIpc) is 2.95. The van der Waals surface area contributed by atoms with E-state index in [1.165, 1.54) is 0 Å². The van der Waals surface area contributed by atoms with Crippen LogP contribution < -0.4 is 0 Å². The predicted octanol–water partition coefficient (Wildman–Crippen LogP) is 0.914. The van der Waals surface area contributed by atoms with E-state index in [9.17, 15) is 9.90 Å². The number of ether oxygens (including phenoxy) is 5. The van der Waals surface area contributed by atoms with E-state index >= 15 is 0 Å². The van der Waals surface area contributed by atoms with Crippen molar-refractivity contribution in [2.75, 3.05) is 13.2 Å². The van der Waals surface area contributed by atoms with Crippen molar-refractivity contribution >= 4 is 5.97 Å². The molecule has 2 aliphatic rings. The molecule has 2 saturated heterocycles. The van der Waals surface area contributed by atoms with Crippen molar-refractivity contribution in [2.45, 2.75) is 57.3 Å². The molecular weight excluding hydrogens is 304 g/mol. The number of aliphatic hydroxyl groups is 1. The SMILES string of the molecule is C=CCO[C@@H]1[C@H]2OC(C)(C)O[C@H]2O[C@@H]1[C@@H](O)C(=C)C(=O)OCC. The lowest BCUT2D eigenvalue weighted by atomic mass is 10.00. The Morgan fingerprint density at radius 1 is 1.43 bits per heavy atom. The fourth-order valence-corrected chi connectivity index (χ4v) is 2.67. The van der Waals surface area contributed by atoms with E-state index in [1.807, 2.05) is 0 Å². The number of hydrogen-bond acceptors (Lipinski definition) is 7. The topological polar surface area (TPSA) is 83.5 Å². The Bertz CT molecular complexity index is 473. The maximum absolute atomic E-state index is 11.8. The zero-order valence-corrected chi connectivity index (χ0v) is 13.7. The minimum atomic E-state index is -1.29. The van der Waals surface area contributed by atoms with Crippen molar-refractivity contribution in [2.24, 2.45) is 0 Å². The second-order valence-electron chi connectivity index (χ2n) is 5.85. The fourth-order valence-electron chi connectivity index (χ4n) is 2.67. The molecule has 0 aliphatic carbocycles. The summed E-state index contributed by atoms with van der Waals surface area (Å²) < 4.78 is 27.7. The first kappa shape index (κ1) is 18.1. The summed E-state index contributed by atoms with van der Waals surface area (Å²) in [6, 6.07) is 0. The van der Waals surface area contributed by atoms with E-state index in [2.05, 4.69) is 13.2 Å². The number of esters is 1. The van der Waals surface area contributed by atoms with Crippen molar-refractivity contribution in [1.82, 2.24) is 0 Å². The van der Waals surface area contributed by atoms with Gasteiger partial charge in [0, 0.05) is 0 Å². The second kappa shape index (κ2) is 7.11. The highest BCUT2D eigenvalue weighted by Crippen LogP contribution is 2.40. The van der Waals surface area contributed by atoms with Crippen LogP contribution in [-0.4, -0.2) is 60.8 Å². The molecule has 2 fully saturated rings. The van der Waals surface area contributed by atoms with Gasteiger partial charge < -0.3 is 28.8 Å². The van der Waals surface area contributed by atoms with Gasteiger partial charge in [-0.05, 0) is 20.8 Å².